The molecule has 0 aromatic carbocycles. The van der Waals surface area contributed by atoms with Crippen molar-refractivity contribution < 1.29 is 23.9 Å². The number of ketones is 2. The number of nitrogens with zero attached hydrogens (tertiary/aromatic N) is 1. The van der Waals surface area contributed by atoms with Gasteiger partial charge in [0.25, 0.3) is 0 Å². The molecule has 0 aliphatic rings. The Bertz CT molecular complexity index is 465. The molecule has 0 saturated carbocycles. The van der Waals surface area contributed by atoms with Crippen molar-refractivity contribution in [3.8, 4) is 0 Å². The standard InChI is InChI=1S/C20H38N2O5/c1-14(2)18(17(6)24)21-20(25)19(15(3)4)22(7)9-11-27-13-12-26-10-8-16(5)23/h14-15,18-19H,8-13H2,1-7H3,(H,21,25)/t18-,19-/m0/s1. The molecule has 0 fully saturated rings. The quantitative estimate of drug-likeness (QED) is 0.431. The lowest BCUT2D eigenvalue weighted by molar-refractivity contribution is -0.132. The van der Waals surface area contributed by atoms with Crippen LogP contribution in [0.2, 0.25) is 0 Å². The number of hydrogen-bond acceptors (Lipinski definition) is 6. The second kappa shape index (κ2) is 13.8. The Kier molecular flexibility index (Phi) is 13.1. The van der Waals surface area contributed by atoms with Gasteiger partial charge in [-0.15, -0.1) is 0 Å². The Morgan fingerprint density at radius 2 is 1.44 bits per heavy atom. The van der Waals surface area contributed by atoms with Crippen LogP contribution in [-0.2, 0) is 23.9 Å². The van der Waals surface area contributed by atoms with Crippen LogP contribution in [0.4, 0.5) is 0 Å². The molecule has 0 spiro atoms. The Morgan fingerprint density at radius 1 is 0.889 bits per heavy atom. The van der Waals surface area contributed by atoms with Crippen LogP contribution in [0.3, 0.4) is 0 Å². The minimum Gasteiger partial charge on any atom is -0.379 e. The lowest BCUT2D eigenvalue weighted by Gasteiger charge is -2.32. The monoisotopic (exact) mass is 386 g/mol. The maximum Gasteiger partial charge on any atom is 0.238 e. The van der Waals surface area contributed by atoms with Crippen LogP contribution in [0.25, 0.3) is 0 Å². The molecule has 0 aromatic heterocycles. The number of likely N-dealkylation sites (N-methyl/N-ethyl adjacent to an activating group) is 1. The maximum atomic E-state index is 12.7. The molecule has 0 bridgehead atoms. The van der Waals surface area contributed by atoms with Gasteiger partial charge in [-0.25, -0.2) is 0 Å². The molecule has 0 rings (SSSR count). The molecule has 0 radical (unpaired) electrons. The Morgan fingerprint density at radius 3 is 1.89 bits per heavy atom. The summed E-state index contributed by atoms with van der Waals surface area (Å²) < 4.78 is 10.8. The van der Waals surface area contributed by atoms with E-state index in [-0.39, 0.29) is 35.4 Å². The van der Waals surface area contributed by atoms with Gasteiger partial charge in [-0.3, -0.25) is 19.3 Å². The number of ether oxygens (including phenoxy) is 2. The summed E-state index contributed by atoms with van der Waals surface area (Å²) >= 11 is 0. The Hall–Kier alpha value is -1.31. The Balaban J connectivity index is 4.35. The maximum absolute atomic E-state index is 12.7. The fourth-order valence-electron chi connectivity index (χ4n) is 2.87. The topological polar surface area (TPSA) is 84.9 Å². The SMILES string of the molecule is CC(=O)CCOCCOCCN(C)[C@H](C(=O)N[C@H](C(C)=O)C(C)C)C(C)C. The summed E-state index contributed by atoms with van der Waals surface area (Å²) in [6.07, 6.45) is 0.422. The zero-order valence-corrected chi connectivity index (χ0v) is 18.0. The zero-order valence-electron chi connectivity index (χ0n) is 18.0. The summed E-state index contributed by atoms with van der Waals surface area (Å²) in [6.45, 7) is 13.2. The van der Waals surface area contributed by atoms with E-state index in [0.29, 0.717) is 39.4 Å². The second-order valence-corrected chi connectivity index (χ2v) is 7.69. The predicted molar refractivity (Wildman–Crippen MR) is 106 cm³/mol. The van der Waals surface area contributed by atoms with Crippen molar-refractivity contribution in [1.29, 1.82) is 0 Å². The van der Waals surface area contributed by atoms with E-state index in [1.165, 1.54) is 13.8 Å². The van der Waals surface area contributed by atoms with E-state index < -0.39 is 6.04 Å². The molecule has 0 unspecified atom stereocenters. The first-order chi connectivity index (χ1) is 12.6. The summed E-state index contributed by atoms with van der Waals surface area (Å²) in [5, 5.41) is 2.89. The van der Waals surface area contributed by atoms with Gasteiger partial charge in [0, 0.05) is 13.0 Å². The van der Waals surface area contributed by atoms with Crippen LogP contribution in [0.1, 0.15) is 48.0 Å². The van der Waals surface area contributed by atoms with Crippen LogP contribution in [0, 0.1) is 11.8 Å². The minimum atomic E-state index is -0.462. The molecule has 27 heavy (non-hydrogen) atoms. The van der Waals surface area contributed by atoms with Crippen molar-refractivity contribution in [3.05, 3.63) is 0 Å². The smallest absolute Gasteiger partial charge is 0.238 e. The summed E-state index contributed by atoms with van der Waals surface area (Å²) in [5.41, 5.74) is 0. The van der Waals surface area contributed by atoms with E-state index in [2.05, 4.69) is 5.32 Å². The predicted octanol–water partition coefficient (Wildman–Crippen LogP) is 1.68. The molecular formula is C20H38N2O5. The lowest BCUT2D eigenvalue weighted by atomic mass is 9.97. The number of nitrogens with one attached hydrogen (secondary N) is 1. The van der Waals surface area contributed by atoms with Crippen molar-refractivity contribution >= 4 is 17.5 Å². The molecule has 0 saturated heterocycles. The van der Waals surface area contributed by atoms with E-state index in [1.54, 1.807) is 0 Å². The average Bonchev–Trinajstić information content (AvgIpc) is 2.53. The highest BCUT2D eigenvalue weighted by Gasteiger charge is 2.30. The van der Waals surface area contributed by atoms with Crippen molar-refractivity contribution in [2.75, 3.05) is 40.0 Å². The number of rotatable bonds is 15. The van der Waals surface area contributed by atoms with E-state index >= 15 is 0 Å². The van der Waals surface area contributed by atoms with Crippen molar-refractivity contribution in [2.45, 2.75) is 60.0 Å². The molecular weight excluding hydrogens is 348 g/mol. The first-order valence-electron chi connectivity index (χ1n) is 9.73. The largest absolute Gasteiger partial charge is 0.379 e. The van der Waals surface area contributed by atoms with Gasteiger partial charge in [0.05, 0.1) is 38.5 Å². The van der Waals surface area contributed by atoms with Gasteiger partial charge in [-0.2, -0.15) is 0 Å². The fourth-order valence-corrected chi connectivity index (χ4v) is 2.87. The average molecular weight is 387 g/mol. The molecule has 1 amide bonds. The molecule has 1 N–H and O–H groups in total. The highest BCUT2D eigenvalue weighted by atomic mass is 16.5. The molecule has 2 atom stereocenters. The highest BCUT2D eigenvalue weighted by Crippen LogP contribution is 2.11. The third-order valence-electron chi connectivity index (χ3n) is 4.34. The number of Topliss-reactive ketones (excluding diaryl/α,β-unsaturated/α-hetero) is 2. The van der Waals surface area contributed by atoms with Gasteiger partial charge < -0.3 is 14.8 Å². The molecule has 0 aliphatic heterocycles. The van der Waals surface area contributed by atoms with Gasteiger partial charge in [-0.05, 0) is 32.7 Å². The highest BCUT2D eigenvalue weighted by molar-refractivity contribution is 5.89. The number of amides is 1. The molecule has 7 nitrogen and oxygen atoms in total. The van der Waals surface area contributed by atoms with Gasteiger partial charge in [0.1, 0.15) is 5.78 Å². The van der Waals surface area contributed by atoms with Crippen molar-refractivity contribution in [1.82, 2.24) is 10.2 Å². The van der Waals surface area contributed by atoms with Gasteiger partial charge in [0.15, 0.2) is 5.78 Å². The number of carbonyl (C=O) groups is 3. The fraction of sp³-hybridized carbons (Fsp3) is 0.850. The Labute approximate surface area is 164 Å². The third-order valence-corrected chi connectivity index (χ3v) is 4.34. The van der Waals surface area contributed by atoms with E-state index in [9.17, 15) is 14.4 Å². The van der Waals surface area contributed by atoms with Crippen LogP contribution in [0.15, 0.2) is 0 Å². The molecule has 158 valence electrons. The minimum absolute atomic E-state index is 0.0309. The zero-order chi connectivity index (χ0) is 21.0. The molecule has 0 aromatic rings. The summed E-state index contributed by atoms with van der Waals surface area (Å²) in [6, 6.07) is -0.795. The van der Waals surface area contributed by atoms with Crippen LogP contribution < -0.4 is 5.32 Å². The van der Waals surface area contributed by atoms with Crippen LogP contribution >= 0.6 is 0 Å². The molecule has 7 heteroatoms. The van der Waals surface area contributed by atoms with E-state index in [4.69, 9.17) is 9.47 Å². The van der Waals surface area contributed by atoms with Gasteiger partial charge in [0.2, 0.25) is 5.91 Å². The van der Waals surface area contributed by atoms with Gasteiger partial charge >= 0.3 is 0 Å². The number of carbonyl (C=O) groups excluding carboxylic acids is 3. The van der Waals surface area contributed by atoms with Crippen LogP contribution in [-0.4, -0.2) is 74.5 Å². The van der Waals surface area contributed by atoms with E-state index in [1.807, 2.05) is 39.6 Å². The number of hydrogen-bond donors (Lipinski definition) is 1. The van der Waals surface area contributed by atoms with Crippen molar-refractivity contribution in [2.24, 2.45) is 11.8 Å². The van der Waals surface area contributed by atoms with Crippen LogP contribution in [0.5, 0.6) is 0 Å². The van der Waals surface area contributed by atoms with Gasteiger partial charge in [-0.1, -0.05) is 27.7 Å². The first kappa shape index (κ1) is 25.7. The second-order valence-electron chi connectivity index (χ2n) is 7.69. The summed E-state index contributed by atoms with van der Waals surface area (Å²) in [7, 11) is 1.88. The third kappa shape index (κ3) is 11.2. The summed E-state index contributed by atoms with van der Waals surface area (Å²) in [5.74, 6) is 0.103. The summed E-state index contributed by atoms with van der Waals surface area (Å²) in [4.78, 5) is 37.2. The molecule has 0 heterocycles. The lowest BCUT2D eigenvalue weighted by Crippen LogP contribution is -2.54. The van der Waals surface area contributed by atoms with E-state index in [0.717, 1.165) is 0 Å². The molecule has 0 aliphatic carbocycles. The normalized spacial score (nSPS) is 13.9. The first-order valence-corrected chi connectivity index (χ1v) is 9.73. The van der Waals surface area contributed by atoms with Crippen molar-refractivity contribution in [3.63, 3.8) is 0 Å².